The fourth-order valence-corrected chi connectivity index (χ4v) is 2.62. The quantitative estimate of drug-likeness (QED) is 0.848. The number of rotatable bonds is 5. The fraction of sp³-hybridized carbons (Fsp3) is 0.438. The zero-order valence-electron chi connectivity index (χ0n) is 13.4. The minimum absolute atomic E-state index is 0.0479. The molecule has 3 rings (SSSR count). The first-order valence-electron chi connectivity index (χ1n) is 7.93. The highest BCUT2D eigenvalue weighted by molar-refractivity contribution is 5.60. The molecule has 1 saturated heterocycles. The van der Waals surface area contributed by atoms with Gasteiger partial charge in [-0.15, -0.1) is 0 Å². The summed E-state index contributed by atoms with van der Waals surface area (Å²) in [4.78, 5) is 20.0. The van der Waals surface area contributed by atoms with Crippen molar-refractivity contribution in [2.75, 3.05) is 25.1 Å². The Labute approximate surface area is 142 Å². The topological polar surface area (TPSA) is 89.3 Å². The Balaban J connectivity index is 1.87. The first kappa shape index (κ1) is 17.4. The Morgan fingerprint density at radius 1 is 1.44 bits per heavy atom. The van der Waals surface area contributed by atoms with E-state index in [0.717, 1.165) is 35.9 Å². The van der Waals surface area contributed by atoms with Gasteiger partial charge < -0.3 is 15.2 Å². The summed E-state index contributed by atoms with van der Waals surface area (Å²) in [5.41, 5.74) is -0.537. The van der Waals surface area contributed by atoms with Gasteiger partial charge in [0.1, 0.15) is 5.69 Å². The van der Waals surface area contributed by atoms with E-state index in [1.54, 1.807) is 0 Å². The van der Waals surface area contributed by atoms with Crippen molar-refractivity contribution in [3.05, 3.63) is 40.7 Å². The lowest BCUT2D eigenvalue weighted by Gasteiger charge is -2.23. The molecule has 2 aromatic rings. The third-order valence-corrected chi connectivity index (χ3v) is 3.97. The van der Waals surface area contributed by atoms with E-state index in [-0.39, 0.29) is 23.2 Å². The van der Waals surface area contributed by atoms with Crippen molar-refractivity contribution in [3.63, 3.8) is 0 Å². The summed E-state index contributed by atoms with van der Waals surface area (Å²) in [5.74, 6) is -0.431. The average Bonchev–Trinajstić information content (AvgIpc) is 2.63. The molecule has 0 aromatic carbocycles. The lowest BCUT2D eigenvalue weighted by atomic mass is 10.1. The molecule has 1 aliphatic rings. The molecule has 1 atom stereocenters. The Bertz CT molecular complexity index is 793. The van der Waals surface area contributed by atoms with Crippen molar-refractivity contribution in [1.82, 2.24) is 14.5 Å². The van der Waals surface area contributed by atoms with Gasteiger partial charge >= 0.3 is 0 Å². The van der Waals surface area contributed by atoms with Gasteiger partial charge in [0.05, 0.1) is 12.8 Å². The predicted octanol–water partition coefficient (Wildman–Crippen LogP) is 1.50. The standard InChI is InChI=1S/C16H18F2N4O3/c17-12-8-19-16(20-11-2-5-25-6-3-11)21-15(12)10-1-4-22(13(18)9-23)14(24)7-10/h1,4,7-8,11,13,23H,2-3,5-6,9H2,(H,19,20,21)/t13-/m1/s1. The fourth-order valence-electron chi connectivity index (χ4n) is 2.62. The summed E-state index contributed by atoms with van der Waals surface area (Å²) in [7, 11) is 0. The molecule has 7 nitrogen and oxygen atoms in total. The van der Waals surface area contributed by atoms with Crippen LogP contribution in [0.2, 0.25) is 0 Å². The van der Waals surface area contributed by atoms with Gasteiger partial charge in [-0.2, -0.15) is 0 Å². The number of aliphatic hydroxyl groups is 1. The smallest absolute Gasteiger partial charge is 0.253 e. The van der Waals surface area contributed by atoms with Crippen molar-refractivity contribution in [1.29, 1.82) is 0 Å². The van der Waals surface area contributed by atoms with Gasteiger partial charge in [-0.25, -0.2) is 18.7 Å². The maximum absolute atomic E-state index is 14.1. The minimum Gasteiger partial charge on any atom is -0.391 e. The lowest BCUT2D eigenvalue weighted by molar-refractivity contribution is 0.0903. The predicted molar refractivity (Wildman–Crippen MR) is 86.4 cm³/mol. The van der Waals surface area contributed by atoms with Gasteiger partial charge in [-0.05, 0) is 18.9 Å². The monoisotopic (exact) mass is 352 g/mol. The van der Waals surface area contributed by atoms with Crippen LogP contribution >= 0.6 is 0 Å². The molecule has 0 aliphatic carbocycles. The van der Waals surface area contributed by atoms with E-state index in [4.69, 9.17) is 9.84 Å². The molecule has 1 aliphatic heterocycles. The molecule has 0 unspecified atom stereocenters. The number of hydrogen-bond acceptors (Lipinski definition) is 6. The third-order valence-electron chi connectivity index (χ3n) is 3.97. The maximum atomic E-state index is 14.1. The van der Waals surface area contributed by atoms with Crippen molar-refractivity contribution in [2.24, 2.45) is 0 Å². The van der Waals surface area contributed by atoms with Gasteiger partial charge in [-0.3, -0.25) is 9.36 Å². The van der Waals surface area contributed by atoms with Crippen LogP contribution in [-0.4, -0.2) is 45.5 Å². The molecule has 0 spiro atoms. The number of alkyl halides is 1. The second kappa shape index (κ2) is 7.66. The molecular weight excluding hydrogens is 334 g/mol. The van der Waals surface area contributed by atoms with Crippen molar-refractivity contribution < 1.29 is 18.6 Å². The average molecular weight is 352 g/mol. The van der Waals surface area contributed by atoms with Crippen LogP contribution in [-0.2, 0) is 4.74 Å². The Morgan fingerprint density at radius 3 is 2.88 bits per heavy atom. The van der Waals surface area contributed by atoms with Crippen LogP contribution in [0, 0.1) is 5.82 Å². The van der Waals surface area contributed by atoms with Crippen LogP contribution < -0.4 is 10.9 Å². The summed E-state index contributed by atoms with van der Waals surface area (Å²) in [6.07, 6.45) is 1.94. The zero-order valence-corrected chi connectivity index (χ0v) is 13.4. The van der Waals surface area contributed by atoms with Crippen LogP contribution in [0.1, 0.15) is 19.1 Å². The van der Waals surface area contributed by atoms with Gasteiger partial charge in [0.15, 0.2) is 5.82 Å². The molecule has 0 bridgehead atoms. The first-order chi connectivity index (χ1) is 12.1. The van der Waals surface area contributed by atoms with Crippen LogP contribution in [0.3, 0.4) is 0 Å². The van der Waals surface area contributed by atoms with Gasteiger partial charge in [0, 0.05) is 37.1 Å². The maximum Gasteiger partial charge on any atom is 0.253 e. The SMILES string of the molecule is O=c1cc(-c2nc(NC3CCOCC3)ncc2F)ccn1[C@@H](F)CO. The Hall–Kier alpha value is -2.39. The molecule has 0 amide bonds. The summed E-state index contributed by atoms with van der Waals surface area (Å²) in [5, 5.41) is 11.9. The van der Waals surface area contributed by atoms with Gasteiger partial charge in [0.2, 0.25) is 12.2 Å². The number of nitrogens with one attached hydrogen (secondary N) is 1. The highest BCUT2D eigenvalue weighted by Gasteiger charge is 2.17. The molecule has 1 fully saturated rings. The van der Waals surface area contributed by atoms with Crippen molar-refractivity contribution >= 4 is 5.95 Å². The highest BCUT2D eigenvalue weighted by Crippen LogP contribution is 2.21. The van der Waals surface area contributed by atoms with E-state index >= 15 is 0 Å². The molecular formula is C16H18F2N4O3. The molecule has 0 saturated carbocycles. The van der Waals surface area contributed by atoms with E-state index in [1.165, 1.54) is 6.07 Å². The zero-order chi connectivity index (χ0) is 17.8. The molecule has 2 N–H and O–H groups in total. The molecule has 2 aromatic heterocycles. The minimum atomic E-state index is -1.84. The first-order valence-corrected chi connectivity index (χ1v) is 7.93. The van der Waals surface area contributed by atoms with Crippen LogP contribution in [0.4, 0.5) is 14.7 Å². The summed E-state index contributed by atoms with van der Waals surface area (Å²) < 4.78 is 33.6. The third kappa shape index (κ3) is 3.99. The summed E-state index contributed by atoms with van der Waals surface area (Å²) >= 11 is 0. The second-order valence-corrected chi connectivity index (χ2v) is 5.70. The number of hydrogen-bond donors (Lipinski definition) is 2. The number of nitrogens with zero attached hydrogens (tertiary/aromatic N) is 3. The number of ether oxygens (including phenoxy) is 1. The number of aliphatic hydroxyl groups excluding tert-OH is 1. The molecule has 3 heterocycles. The summed E-state index contributed by atoms with van der Waals surface area (Å²) in [6.45, 7) is 0.457. The van der Waals surface area contributed by atoms with Crippen LogP contribution in [0.25, 0.3) is 11.3 Å². The lowest BCUT2D eigenvalue weighted by Crippen LogP contribution is -2.28. The number of halogens is 2. The highest BCUT2D eigenvalue weighted by atomic mass is 19.1. The van der Waals surface area contributed by atoms with Crippen LogP contribution in [0.15, 0.2) is 29.3 Å². The molecule has 134 valence electrons. The molecule has 0 radical (unpaired) electrons. The number of aromatic nitrogens is 3. The van der Waals surface area contributed by atoms with Crippen molar-refractivity contribution in [3.8, 4) is 11.3 Å². The van der Waals surface area contributed by atoms with Crippen LogP contribution in [0.5, 0.6) is 0 Å². The van der Waals surface area contributed by atoms with E-state index in [9.17, 15) is 13.6 Å². The second-order valence-electron chi connectivity index (χ2n) is 5.70. The van der Waals surface area contributed by atoms with E-state index in [1.807, 2.05) is 0 Å². The van der Waals surface area contributed by atoms with E-state index in [0.29, 0.717) is 13.2 Å². The van der Waals surface area contributed by atoms with Gasteiger partial charge in [-0.1, -0.05) is 0 Å². The van der Waals surface area contributed by atoms with Gasteiger partial charge in [0.25, 0.3) is 5.56 Å². The van der Waals surface area contributed by atoms with E-state index < -0.39 is 24.3 Å². The number of pyridine rings is 1. The Morgan fingerprint density at radius 2 is 2.20 bits per heavy atom. The normalized spacial score (nSPS) is 16.6. The van der Waals surface area contributed by atoms with E-state index in [2.05, 4.69) is 15.3 Å². The summed E-state index contributed by atoms with van der Waals surface area (Å²) in [6, 6.07) is 2.58. The molecule has 25 heavy (non-hydrogen) atoms. The van der Waals surface area contributed by atoms with Crippen molar-refractivity contribution in [2.45, 2.75) is 25.2 Å². The largest absolute Gasteiger partial charge is 0.391 e. The Kier molecular flexibility index (Phi) is 5.34. The number of anilines is 1. The molecule has 9 heteroatoms.